The second-order valence-corrected chi connectivity index (χ2v) is 5.39. The molecule has 2 heterocycles. The average molecular weight is 294 g/mol. The van der Waals surface area contributed by atoms with E-state index >= 15 is 0 Å². The predicted octanol–water partition coefficient (Wildman–Crippen LogP) is 1.89. The molecule has 1 unspecified atom stereocenters. The van der Waals surface area contributed by atoms with E-state index in [1.807, 2.05) is 0 Å². The molecule has 1 aliphatic heterocycles. The van der Waals surface area contributed by atoms with Crippen molar-refractivity contribution in [3.63, 3.8) is 0 Å². The second-order valence-electron chi connectivity index (χ2n) is 5.00. The van der Waals surface area contributed by atoms with Crippen LogP contribution >= 0.6 is 11.6 Å². The largest absolute Gasteiger partial charge is 0.399 e. The molecule has 0 saturated carbocycles. The van der Waals surface area contributed by atoms with Crippen LogP contribution in [0.25, 0.3) is 0 Å². The predicted molar refractivity (Wildman–Crippen MR) is 76.1 cm³/mol. The Hall–Kier alpha value is -2.08. The zero-order valence-corrected chi connectivity index (χ0v) is 11.5. The van der Waals surface area contributed by atoms with Gasteiger partial charge in [0.05, 0.1) is 12.7 Å². The Morgan fingerprint density at radius 2 is 2.15 bits per heavy atom. The summed E-state index contributed by atoms with van der Waals surface area (Å²) in [5, 5.41) is 0.438. The lowest BCUT2D eigenvalue weighted by molar-refractivity contribution is 0.384. The summed E-state index contributed by atoms with van der Waals surface area (Å²) in [6.07, 6.45) is 1.50. The number of hydrogen-bond acceptors (Lipinski definition) is 4. The van der Waals surface area contributed by atoms with Crippen LogP contribution in [0, 0.1) is 5.82 Å². The van der Waals surface area contributed by atoms with Gasteiger partial charge in [0.1, 0.15) is 16.5 Å². The third kappa shape index (κ3) is 1.84. The molecule has 3 rings (SSSR count). The first kappa shape index (κ1) is 12.9. The van der Waals surface area contributed by atoms with E-state index in [9.17, 15) is 4.39 Å². The van der Waals surface area contributed by atoms with Crippen molar-refractivity contribution in [2.75, 3.05) is 5.73 Å². The monoisotopic (exact) mass is 293 g/mol. The molecule has 0 amide bonds. The van der Waals surface area contributed by atoms with Crippen molar-refractivity contribution < 1.29 is 4.39 Å². The van der Waals surface area contributed by atoms with Crippen LogP contribution in [0.15, 0.2) is 29.4 Å². The third-order valence-electron chi connectivity index (χ3n) is 3.44. The van der Waals surface area contributed by atoms with E-state index in [1.165, 1.54) is 18.3 Å². The smallest absolute Gasteiger partial charge is 0.176 e. The summed E-state index contributed by atoms with van der Waals surface area (Å²) < 4.78 is 15.8. The second kappa shape index (κ2) is 4.21. The number of nitrogens with two attached hydrogens (primary N) is 2. The Kier molecular flexibility index (Phi) is 2.72. The highest BCUT2D eigenvalue weighted by Crippen LogP contribution is 2.35. The van der Waals surface area contributed by atoms with Crippen LogP contribution in [0.4, 0.5) is 10.1 Å². The summed E-state index contributed by atoms with van der Waals surface area (Å²) >= 11 is 6.08. The number of aliphatic imine (C=N–C) groups is 1. The summed E-state index contributed by atoms with van der Waals surface area (Å²) in [6, 6.07) is 4.41. The van der Waals surface area contributed by atoms with Gasteiger partial charge in [0.25, 0.3) is 0 Å². The number of halogens is 2. The van der Waals surface area contributed by atoms with E-state index in [0.717, 1.165) is 0 Å². The first-order valence-electron chi connectivity index (χ1n) is 6.03. The molecule has 1 aromatic carbocycles. The zero-order chi connectivity index (χ0) is 14.5. The molecular formula is C13H13ClFN5. The molecule has 0 aliphatic carbocycles. The first-order valence-corrected chi connectivity index (χ1v) is 6.41. The van der Waals surface area contributed by atoms with E-state index in [4.69, 9.17) is 23.1 Å². The number of benzene rings is 1. The van der Waals surface area contributed by atoms with Gasteiger partial charge >= 0.3 is 0 Å². The molecule has 104 valence electrons. The molecule has 1 aliphatic rings. The van der Waals surface area contributed by atoms with Gasteiger partial charge in [0.15, 0.2) is 11.7 Å². The first-order chi connectivity index (χ1) is 9.40. The highest BCUT2D eigenvalue weighted by atomic mass is 35.5. The molecule has 0 radical (unpaired) electrons. The van der Waals surface area contributed by atoms with Gasteiger partial charge in [-0.15, -0.1) is 0 Å². The van der Waals surface area contributed by atoms with Gasteiger partial charge in [-0.1, -0.05) is 11.6 Å². The normalized spacial score (nSPS) is 21.4. The molecule has 5 nitrogen and oxygen atoms in total. The van der Waals surface area contributed by atoms with Crippen molar-refractivity contribution >= 4 is 23.1 Å². The lowest BCUT2D eigenvalue weighted by Gasteiger charge is -2.31. The summed E-state index contributed by atoms with van der Waals surface area (Å²) in [7, 11) is 0. The van der Waals surface area contributed by atoms with Crippen molar-refractivity contribution in [2.24, 2.45) is 10.7 Å². The minimum atomic E-state index is -0.874. The molecule has 0 bridgehead atoms. The van der Waals surface area contributed by atoms with Gasteiger partial charge in [-0.25, -0.2) is 9.37 Å². The van der Waals surface area contributed by atoms with Crippen LogP contribution in [-0.4, -0.2) is 15.4 Å². The Morgan fingerprint density at radius 1 is 1.40 bits per heavy atom. The van der Waals surface area contributed by atoms with Gasteiger partial charge in [-0.2, -0.15) is 0 Å². The van der Waals surface area contributed by atoms with Gasteiger partial charge in [-0.3, -0.25) is 4.99 Å². The molecule has 0 spiro atoms. The van der Waals surface area contributed by atoms with Gasteiger partial charge in [0.2, 0.25) is 0 Å². The number of fused-ring (bicyclic) bond motifs is 1. The topological polar surface area (TPSA) is 82.2 Å². The lowest BCUT2D eigenvalue weighted by atomic mass is 9.90. The Bertz CT molecular complexity index is 724. The van der Waals surface area contributed by atoms with Crippen LogP contribution in [0.1, 0.15) is 18.3 Å². The highest BCUT2D eigenvalue weighted by Gasteiger charge is 2.35. The van der Waals surface area contributed by atoms with E-state index in [0.29, 0.717) is 28.8 Å². The molecule has 1 atom stereocenters. The van der Waals surface area contributed by atoms with Crippen molar-refractivity contribution in [1.29, 1.82) is 0 Å². The SMILES string of the molecule is CC1(c2cc(N)ccc2F)Cn2c(Cl)cnc2C(N)=N1. The molecular weight excluding hydrogens is 281 g/mol. The molecule has 2 aromatic rings. The van der Waals surface area contributed by atoms with Crippen molar-refractivity contribution in [3.05, 3.63) is 46.8 Å². The van der Waals surface area contributed by atoms with Crippen molar-refractivity contribution in [3.8, 4) is 0 Å². The number of rotatable bonds is 1. The summed E-state index contributed by atoms with van der Waals surface area (Å²) in [4.78, 5) is 8.49. The minimum Gasteiger partial charge on any atom is -0.399 e. The maximum atomic E-state index is 14.1. The van der Waals surface area contributed by atoms with E-state index in [1.54, 1.807) is 17.6 Å². The van der Waals surface area contributed by atoms with Crippen molar-refractivity contribution in [2.45, 2.75) is 19.0 Å². The standard InChI is InChI=1S/C13H13ClFN5/c1-13(8-4-7(16)2-3-9(8)15)6-20-10(14)5-18-12(20)11(17)19-13/h2-5H,6,16H2,1H3,(H2,17,19). The van der Waals surface area contributed by atoms with Gasteiger partial charge < -0.3 is 16.0 Å². The number of aromatic nitrogens is 2. The maximum Gasteiger partial charge on any atom is 0.176 e. The number of nitrogen functional groups attached to an aromatic ring is 1. The molecule has 7 heteroatoms. The molecule has 0 fully saturated rings. The number of anilines is 1. The minimum absolute atomic E-state index is 0.229. The molecule has 20 heavy (non-hydrogen) atoms. The van der Waals surface area contributed by atoms with Gasteiger partial charge in [-0.05, 0) is 25.1 Å². The summed E-state index contributed by atoms with van der Waals surface area (Å²) in [5.74, 6) is 0.349. The van der Waals surface area contributed by atoms with Crippen LogP contribution in [0.5, 0.6) is 0 Å². The fourth-order valence-corrected chi connectivity index (χ4v) is 2.66. The Balaban J connectivity index is 2.17. The number of amidine groups is 1. The summed E-state index contributed by atoms with van der Waals surface area (Å²) in [6.45, 7) is 2.14. The summed E-state index contributed by atoms with van der Waals surface area (Å²) in [5.41, 5.74) is 11.6. The fraction of sp³-hybridized carbons (Fsp3) is 0.231. The van der Waals surface area contributed by atoms with Gasteiger partial charge in [0, 0.05) is 11.3 Å². The van der Waals surface area contributed by atoms with Crippen LogP contribution in [0.3, 0.4) is 0 Å². The average Bonchev–Trinajstić information content (AvgIpc) is 2.74. The number of nitrogens with zero attached hydrogens (tertiary/aromatic N) is 3. The quantitative estimate of drug-likeness (QED) is 0.788. The molecule has 0 saturated heterocycles. The Labute approximate surface area is 120 Å². The number of hydrogen-bond donors (Lipinski definition) is 2. The van der Waals surface area contributed by atoms with Crippen LogP contribution < -0.4 is 11.5 Å². The Morgan fingerprint density at radius 3 is 2.90 bits per heavy atom. The molecule has 1 aromatic heterocycles. The molecule has 4 N–H and O–H groups in total. The van der Waals surface area contributed by atoms with Crippen LogP contribution in [0.2, 0.25) is 5.15 Å². The lowest BCUT2D eigenvalue weighted by Crippen LogP contribution is -2.37. The zero-order valence-electron chi connectivity index (χ0n) is 10.8. The third-order valence-corrected chi connectivity index (χ3v) is 3.74. The fourth-order valence-electron chi connectivity index (χ4n) is 2.47. The van der Waals surface area contributed by atoms with E-state index < -0.39 is 5.54 Å². The number of imidazole rings is 1. The van der Waals surface area contributed by atoms with E-state index in [2.05, 4.69) is 9.98 Å². The van der Waals surface area contributed by atoms with E-state index in [-0.39, 0.29) is 11.7 Å². The highest BCUT2D eigenvalue weighted by molar-refractivity contribution is 6.29. The maximum absolute atomic E-state index is 14.1. The van der Waals surface area contributed by atoms with Crippen LogP contribution in [-0.2, 0) is 12.1 Å². The van der Waals surface area contributed by atoms with Crippen molar-refractivity contribution in [1.82, 2.24) is 9.55 Å².